The zero-order valence-electron chi connectivity index (χ0n) is 17.8. The Hall–Kier alpha value is -2.37. The molecular formula is C23H33N3O3. The van der Waals surface area contributed by atoms with Gasteiger partial charge in [-0.25, -0.2) is 4.79 Å². The number of benzene rings is 1. The molecule has 2 fully saturated rings. The molecule has 0 unspecified atom stereocenters. The zero-order valence-corrected chi connectivity index (χ0v) is 17.8. The molecule has 1 atom stereocenters. The van der Waals surface area contributed by atoms with Gasteiger partial charge in [-0.2, -0.15) is 0 Å². The Labute approximate surface area is 173 Å². The van der Waals surface area contributed by atoms with Crippen LogP contribution in [0.15, 0.2) is 24.3 Å². The van der Waals surface area contributed by atoms with Gasteiger partial charge in [-0.1, -0.05) is 70.7 Å². The van der Waals surface area contributed by atoms with Gasteiger partial charge in [0.2, 0.25) is 5.91 Å². The molecule has 1 aromatic carbocycles. The van der Waals surface area contributed by atoms with Crippen LogP contribution in [0.3, 0.4) is 0 Å². The number of amides is 4. The highest BCUT2D eigenvalue weighted by molar-refractivity contribution is 6.09. The molecule has 29 heavy (non-hydrogen) atoms. The van der Waals surface area contributed by atoms with Crippen LogP contribution < -0.4 is 10.6 Å². The smallest absolute Gasteiger partial charge is 0.325 e. The van der Waals surface area contributed by atoms with E-state index in [2.05, 4.69) is 29.7 Å². The van der Waals surface area contributed by atoms with Crippen LogP contribution >= 0.6 is 0 Å². The van der Waals surface area contributed by atoms with Crippen molar-refractivity contribution in [2.75, 3.05) is 6.54 Å². The van der Waals surface area contributed by atoms with Crippen LogP contribution in [0.5, 0.6) is 0 Å². The van der Waals surface area contributed by atoms with Gasteiger partial charge in [-0.3, -0.25) is 14.5 Å². The average molecular weight is 400 g/mol. The third-order valence-electron chi connectivity index (χ3n) is 6.23. The van der Waals surface area contributed by atoms with Crippen LogP contribution in [-0.4, -0.2) is 34.8 Å². The van der Waals surface area contributed by atoms with E-state index in [0.29, 0.717) is 12.8 Å². The SMILES string of the molecule is CCc1ccc([C@@H](NC(=O)CN2C(=O)NC3(CCCCCC3)C2=O)C(C)C)cc1. The quantitative estimate of drug-likeness (QED) is 0.716. The van der Waals surface area contributed by atoms with Crippen LogP contribution in [0, 0.1) is 5.92 Å². The first kappa shape index (κ1) is 21.3. The van der Waals surface area contributed by atoms with Crippen molar-refractivity contribution < 1.29 is 14.4 Å². The van der Waals surface area contributed by atoms with Gasteiger partial charge in [-0.05, 0) is 36.3 Å². The minimum Gasteiger partial charge on any atom is -0.347 e. The van der Waals surface area contributed by atoms with Gasteiger partial charge in [0, 0.05) is 0 Å². The van der Waals surface area contributed by atoms with E-state index in [4.69, 9.17) is 0 Å². The summed E-state index contributed by atoms with van der Waals surface area (Å²) >= 11 is 0. The lowest BCUT2D eigenvalue weighted by molar-refractivity contribution is -0.135. The number of rotatable bonds is 6. The summed E-state index contributed by atoms with van der Waals surface area (Å²) in [5.74, 6) is -0.367. The van der Waals surface area contributed by atoms with E-state index in [-0.39, 0.29) is 30.3 Å². The highest BCUT2D eigenvalue weighted by Crippen LogP contribution is 2.32. The van der Waals surface area contributed by atoms with Gasteiger partial charge in [0.05, 0.1) is 6.04 Å². The number of carbonyl (C=O) groups is 3. The van der Waals surface area contributed by atoms with Crippen molar-refractivity contribution in [1.82, 2.24) is 15.5 Å². The van der Waals surface area contributed by atoms with E-state index in [1.165, 1.54) is 5.56 Å². The number of nitrogens with zero attached hydrogens (tertiary/aromatic N) is 1. The molecular weight excluding hydrogens is 366 g/mol. The molecule has 6 nitrogen and oxygen atoms in total. The predicted octanol–water partition coefficient (Wildman–Crippen LogP) is 3.71. The maximum atomic E-state index is 13.0. The summed E-state index contributed by atoms with van der Waals surface area (Å²) < 4.78 is 0. The molecule has 4 amide bonds. The highest BCUT2D eigenvalue weighted by atomic mass is 16.2. The highest BCUT2D eigenvalue weighted by Gasteiger charge is 2.51. The Morgan fingerprint density at radius 1 is 1.10 bits per heavy atom. The van der Waals surface area contributed by atoms with Gasteiger partial charge in [0.15, 0.2) is 0 Å². The molecule has 1 aliphatic carbocycles. The summed E-state index contributed by atoms with van der Waals surface area (Å²) in [6.07, 6.45) is 6.30. The third-order valence-corrected chi connectivity index (χ3v) is 6.23. The van der Waals surface area contributed by atoms with Crippen LogP contribution in [0.4, 0.5) is 4.79 Å². The largest absolute Gasteiger partial charge is 0.347 e. The molecule has 1 heterocycles. The lowest BCUT2D eigenvalue weighted by Crippen LogP contribution is -2.47. The summed E-state index contributed by atoms with van der Waals surface area (Å²) in [5, 5.41) is 5.92. The first-order valence-corrected chi connectivity index (χ1v) is 10.9. The van der Waals surface area contributed by atoms with Crippen molar-refractivity contribution in [2.24, 2.45) is 5.92 Å². The molecule has 2 aliphatic rings. The maximum Gasteiger partial charge on any atom is 0.325 e. The Morgan fingerprint density at radius 2 is 1.72 bits per heavy atom. The van der Waals surface area contributed by atoms with Gasteiger partial charge in [-0.15, -0.1) is 0 Å². The van der Waals surface area contributed by atoms with Gasteiger partial charge < -0.3 is 10.6 Å². The lowest BCUT2D eigenvalue weighted by atomic mass is 9.90. The van der Waals surface area contributed by atoms with Gasteiger partial charge >= 0.3 is 6.03 Å². The van der Waals surface area contributed by atoms with E-state index in [9.17, 15) is 14.4 Å². The number of hydrogen-bond acceptors (Lipinski definition) is 3. The second kappa shape index (κ2) is 8.97. The van der Waals surface area contributed by atoms with Crippen molar-refractivity contribution in [3.05, 3.63) is 35.4 Å². The van der Waals surface area contributed by atoms with E-state index in [1.807, 2.05) is 26.0 Å². The summed E-state index contributed by atoms with van der Waals surface area (Å²) in [4.78, 5) is 39.3. The molecule has 1 aliphatic heterocycles. The fraction of sp³-hybridized carbons (Fsp3) is 0.609. The summed E-state index contributed by atoms with van der Waals surface area (Å²) in [5.41, 5.74) is 1.47. The monoisotopic (exact) mass is 399 g/mol. The normalized spacial score (nSPS) is 19.9. The summed E-state index contributed by atoms with van der Waals surface area (Å²) in [6.45, 7) is 5.97. The van der Waals surface area contributed by atoms with E-state index in [0.717, 1.165) is 42.6 Å². The number of urea groups is 1. The number of imide groups is 1. The molecule has 1 saturated carbocycles. The van der Waals surface area contributed by atoms with Crippen molar-refractivity contribution in [3.8, 4) is 0 Å². The molecule has 2 N–H and O–H groups in total. The summed E-state index contributed by atoms with van der Waals surface area (Å²) in [7, 11) is 0. The van der Waals surface area contributed by atoms with Crippen molar-refractivity contribution in [3.63, 3.8) is 0 Å². The Bertz CT molecular complexity index is 749. The number of nitrogens with one attached hydrogen (secondary N) is 2. The molecule has 0 radical (unpaired) electrons. The predicted molar refractivity (Wildman–Crippen MR) is 112 cm³/mol. The van der Waals surface area contributed by atoms with Crippen LogP contribution in [0.1, 0.15) is 76.5 Å². The molecule has 1 aromatic rings. The fourth-order valence-corrected chi connectivity index (χ4v) is 4.45. The second-order valence-electron chi connectivity index (χ2n) is 8.70. The topological polar surface area (TPSA) is 78.5 Å². The Morgan fingerprint density at radius 3 is 2.28 bits per heavy atom. The Balaban J connectivity index is 1.68. The first-order valence-electron chi connectivity index (χ1n) is 10.9. The van der Waals surface area contributed by atoms with Gasteiger partial charge in [0.1, 0.15) is 12.1 Å². The van der Waals surface area contributed by atoms with Crippen molar-refractivity contribution in [1.29, 1.82) is 0 Å². The molecule has 0 aromatic heterocycles. The number of aryl methyl sites for hydroxylation is 1. The van der Waals surface area contributed by atoms with Gasteiger partial charge in [0.25, 0.3) is 5.91 Å². The van der Waals surface area contributed by atoms with Crippen LogP contribution in [-0.2, 0) is 16.0 Å². The van der Waals surface area contributed by atoms with E-state index < -0.39 is 11.6 Å². The third kappa shape index (κ3) is 4.62. The minimum absolute atomic E-state index is 0.166. The maximum absolute atomic E-state index is 13.0. The first-order chi connectivity index (χ1) is 13.9. The summed E-state index contributed by atoms with van der Waals surface area (Å²) in [6, 6.07) is 7.62. The standard InChI is InChI=1S/C23H33N3O3/c1-4-17-9-11-18(12-10-17)20(16(2)3)24-19(27)15-26-21(28)23(25-22(26)29)13-7-5-6-8-14-23/h9-12,16,20H,4-8,13-15H2,1-3H3,(H,24,27)(H,25,29)/t20-/m0/s1. The van der Waals surface area contributed by atoms with Crippen molar-refractivity contribution in [2.45, 2.75) is 77.3 Å². The lowest BCUT2D eigenvalue weighted by Gasteiger charge is -2.26. The number of hydrogen-bond donors (Lipinski definition) is 2. The Kier molecular flexibility index (Phi) is 6.60. The molecule has 1 spiro atoms. The molecule has 0 bridgehead atoms. The second-order valence-corrected chi connectivity index (χ2v) is 8.70. The van der Waals surface area contributed by atoms with Crippen LogP contribution in [0.25, 0.3) is 0 Å². The van der Waals surface area contributed by atoms with Crippen molar-refractivity contribution >= 4 is 17.8 Å². The minimum atomic E-state index is -0.804. The van der Waals surface area contributed by atoms with Crippen LogP contribution in [0.2, 0.25) is 0 Å². The van der Waals surface area contributed by atoms with E-state index in [1.54, 1.807) is 0 Å². The number of carbonyl (C=O) groups excluding carboxylic acids is 3. The fourth-order valence-electron chi connectivity index (χ4n) is 4.45. The molecule has 1 saturated heterocycles. The molecule has 3 rings (SSSR count). The zero-order chi connectivity index (χ0) is 21.0. The molecule has 6 heteroatoms. The average Bonchev–Trinajstić information content (AvgIpc) is 2.86. The molecule has 158 valence electrons. The van der Waals surface area contributed by atoms with E-state index >= 15 is 0 Å².